The number of rotatable bonds is 4. The molecule has 4 heteroatoms. The van der Waals surface area contributed by atoms with Gasteiger partial charge in [-0.15, -0.1) is 11.3 Å². The third kappa shape index (κ3) is 3.37. The number of carbonyl (C=O) groups is 1. The van der Waals surface area contributed by atoms with Gasteiger partial charge in [-0.1, -0.05) is 6.07 Å². The van der Waals surface area contributed by atoms with Crippen molar-refractivity contribution in [3.63, 3.8) is 0 Å². The lowest BCUT2D eigenvalue weighted by atomic mass is 10.2. The zero-order valence-corrected chi connectivity index (χ0v) is 9.75. The van der Waals surface area contributed by atoms with Crippen LogP contribution in [0.15, 0.2) is 17.5 Å². The highest BCUT2D eigenvalue weighted by molar-refractivity contribution is 7.10. The molecule has 1 aromatic rings. The van der Waals surface area contributed by atoms with Gasteiger partial charge in [0, 0.05) is 10.9 Å². The quantitative estimate of drug-likeness (QED) is 0.732. The van der Waals surface area contributed by atoms with Crippen LogP contribution in [0.1, 0.15) is 18.7 Å². The molecule has 0 aliphatic carbocycles. The summed E-state index contributed by atoms with van der Waals surface area (Å²) in [5.41, 5.74) is 0. The molecular weight excluding hydrogens is 208 g/mol. The average molecular weight is 222 g/mol. The first-order valence-corrected chi connectivity index (χ1v) is 5.72. The number of nitrogens with zero attached hydrogens (tertiary/aromatic N) is 2. The molecule has 15 heavy (non-hydrogen) atoms. The molecule has 0 atom stereocenters. The van der Waals surface area contributed by atoms with Gasteiger partial charge in [-0.05, 0) is 25.3 Å². The summed E-state index contributed by atoms with van der Waals surface area (Å²) in [4.78, 5) is 14.5. The van der Waals surface area contributed by atoms with E-state index in [1.165, 1.54) is 0 Å². The van der Waals surface area contributed by atoms with Crippen molar-refractivity contribution in [1.29, 1.82) is 5.26 Å². The second kappa shape index (κ2) is 5.52. The maximum atomic E-state index is 11.8. The minimum Gasteiger partial charge on any atom is -0.327 e. The Morgan fingerprint density at radius 3 is 2.87 bits per heavy atom. The van der Waals surface area contributed by atoms with Gasteiger partial charge in [0.2, 0.25) is 5.91 Å². The standard InChI is InChI=1S/C11H14N2OS/c1-9(2)13(6-5-12)11(14)8-10-4-3-7-15-10/h3-4,7,9H,6,8H2,1-2H3. The molecule has 0 aliphatic rings. The van der Waals surface area contributed by atoms with Gasteiger partial charge in [0.15, 0.2) is 0 Å². The summed E-state index contributed by atoms with van der Waals surface area (Å²) in [6, 6.07) is 5.96. The average Bonchev–Trinajstić information content (AvgIpc) is 2.65. The maximum Gasteiger partial charge on any atom is 0.228 e. The highest BCUT2D eigenvalue weighted by atomic mass is 32.1. The minimum atomic E-state index is 0.0222. The fourth-order valence-corrected chi connectivity index (χ4v) is 1.99. The molecule has 1 amide bonds. The first-order chi connectivity index (χ1) is 7.15. The van der Waals surface area contributed by atoms with Crippen molar-refractivity contribution >= 4 is 17.2 Å². The first kappa shape index (κ1) is 11.7. The van der Waals surface area contributed by atoms with Gasteiger partial charge in [0.05, 0.1) is 12.5 Å². The van der Waals surface area contributed by atoms with Gasteiger partial charge < -0.3 is 4.90 Å². The van der Waals surface area contributed by atoms with E-state index in [-0.39, 0.29) is 18.5 Å². The zero-order chi connectivity index (χ0) is 11.3. The fourth-order valence-electron chi connectivity index (χ4n) is 1.30. The van der Waals surface area contributed by atoms with Crippen LogP contribution in [0.25, 0.3) is 0 Å². The highest BCUT2D eigenvalue weighted by Gasteiger charge is 2.16. The van der Waals surface area contributed by atoms with E-state index in [9.17, 15) is 4.79 Å². The topological polar surface area (TPSA) is 44.1 Å². The van der Waals surface area contributed by atoms with Crippen LogP contribution in [0, 0.1) is 11.3 Å². The minimum absolute atomic E-state index is 0.0222. The van der Waals surface area contributed by atoms with Gasteiger partial charge in [-0.2, -0.15) is 5.26 Å². The Hall–Kier alpha value is -1.34. The van der Waals surface area contributed by atoms with Crippen LogP contribution in [0.4, 0.5) is 0 Å². The van der Waals surface area contributed by atoms with Gasteiger partial charge in [-0.3, -0.25) is 4.79 Å². The van der Waals surface area contributed by atoms with Gasteiger partial charge in [0.1, 0.15) is 6.54 Å². The number of hydrogen-bond acceptors (Lipinski definition) is 3. The molecule has 1 heterocycles. The van der Waals surface area contributed by atoms with Crippen molar-refractivity contribution < 1.29 is 4.79 Å². The molecule has 0 saturated heterocycles. The van der Waals surface area contributed by atoms with E-state index in [0.717, 1.165) is 4.88 Å². The summed E-state index contributed by atoms with van der Waals surface area (Å²) < 4.78 is 0. The smallest absolute Gasteiger partial charge is 0.228 e. The summed E-state index contributed by atoms with van der Waals surface area (Å²) in [5, 5.41) is 10.6. The van der Waals surface area contributed by atoms with E-state index in [1.807, 2.05) is 37.4 Å². The van der Waals surface area contributed by atoms with Gasteiger partial charge in [-0.25, -0.2) is 0 Å². The van der Waals surface area contributed by atoms with Crippen molar-refractivity contribution in [3.8, 4) is 6.07 Å². The third-order valence-corrected chi connectivity index (χ3v) is 2.97. The summed E-state index contributed by atoms with van der Waals surface area (Å²) in [7, 11) is 0. The molecule has 1 aromatic heterocycles. The van der Waals surface area contributed by atoms with Gasteiger partial charge >= 0.3 is 0 Å². The van der Waals surface area contributed by atoms with Crippen LogP contribution < -0.4 is 0 Å². The van der Waals surface area contributed by atoms with Crippen molar-refractivity contribution in [2.45, 2.75) is 26.3 Å². The van der Waals surface area contributed by atoms with Crippen molar-refractivity contribution in [2.75, 3.05) is 6.54 Å². The largest absolute Gasteiger partial charge is 0.327 e. The Morgan fingerprint density at radius 1 is 1.67 bits per heavy atom. The number of amides is 1. The number of nitriles is 1. The molecule has 1 rings (SSSR count). The van der Waals surface area contributed by atoms with E-state index in [2.05, 4.69) is 0 Å². The molecule has 0 radical (unpaired) electrons. The van der Waals surface area contributed by atoms with E-state index < -0.39 is 0 Å². The summed E-state index contributed by atoms with van der Waals surface area (Å²) in [6.45, 7) is 4.01. The Bertz CT molecular complexity index is 351. The van der Waals surface area contributed by atoms with Crippen molar-refractivity contribution in [3.05, 3.63) is 22.4 Å². The lowest BCUT2D eigenvalue weighted by Crippen LogP contribution is -2.38. The molecule has 0 bridgehead atoms. The Balaban J connectivity index is 2.61. The lowest BCUT2D eigenvalue weighted by Gasteiger charge is -2.23. The zero-order valence-electron chi connectivity index (χ0n) is 8.93. The third-order valence-electron chi connectivity index (χ3n) is 2.09. The van der Waals surface area contributed by atoms with Crippen LogP contribution in [0.2, 0.25) is 0 Å². The van der Waals surface area contributed by atoms with Crippen LogP contribution in [-0.4, -0.2) is 23.4 Å². The molecule has 0 fully saturated rings. The fraction of sp³-hybridized carbons (Fsp3) is 0.455. The van der Waals surface area contributed by atoms with E-state index in [1.54, 1.807) is 16.2 Å². The van der Waals surface area contributed by atoms with Crippen LogP contribution in [-0.2, 0) is 11.2 Å². The molecular formula is C11H14N2OS. The molecule has 0 N–H and O–H groups in total. The van der Waals surface area contributed by atoms with Crippen LogP contribution in [0.5, 0.6) is 0 Å². The van der Waals surface area contributed by atoms with Crippen LogP contribution in [0.3, 0.4) is 0 Å². The molecule has 0 spiro atoms. The second-order valence-electron chi connectivity index (χ2n) is 3.53. The highest BCUT2D eigenvalue weighted by Crippen LogP contribution is 2.11. The molecule has 0 saturated carbocycles. The monoisotopic (exact) mass is 222 g/mol. The predicted molar refractivity (Wildman–Crippen MR) is 60.5 cm³/mol. The Kier molecular flexibility index (Phi) is 4.32. The molecule has 0 unspecified atom stereocenters. The normalized spacial score (nSPS) is 10.0. The summed E-state index contributed by atoms with van der Waals surface area (Å²) >= 11 is 1.57. The van der Waals surface area contributed by atoms with Crippen molar-refractivity contribution in [2.24, 2.45) is 0 Å². The predicted octanol–water partition coefficient (Wildman–Crippen LogP) is 2.05. The summed E-state index contributed by atoms with van der Waals surface area (Å²) in [6.07, 6.45) is 0.400. The molecule has 3 nitrogen and oxygen atoms in total. The molecule has 0 aromatic carbocycles. The number of thiophene rings is 1. The number of carbonyl (C=O) groups excluding carboxylic acids is 1. The van der Waals surface area contributed by atoms with E-state index in [0.29, 0.717) is 6.42 Å². The number of hydrogen-bond donors (Lipinski definition) is 0. The Labute approximate surface area is 93.9 Å². The van der Waals surface area contributed by atoms with E-state index >= 15 is 0 Å². The summed E-state index contributed by atoms with van der Waals surface area (Å²) in [5.74, 6) is 0.0222. The molecule has 0 aliphatic heterocycles. The maximum absolute atomic E-state index is 11.8. The second-order valence-corrected chi connectivity index (χ2v) is 4.56. The first-order valence-electron chi connectivity index (χ1n) is 4.84. The molecule has 80 valence electrons. The van der Waals surface area contributed by atoms with Crippen LogP contribution >= 0.6 is 11.3 Å². The SMILES string of the molecule is CC(C)N(CC#N)C(=O)Cc1cccs1. The van der Waals surface area contributed by atoms with Crippen molar-refractivity contribution in [1.82, 2.24) is 4.90 Å². The van der Waals surface area contributed by atoms with Gasteiger partial charge in [0.25, 0.3) is 0 Å². The lowest BCUT2D eigenvalue weighted by molar-refractivity contribution is -0.131. The Morgan fingerprint density at radius 2 is 2.40 bits per heavy atom. The van der Waals surface area contributed by atoms with E-state index in [4.69, 9.17) is 5.26 Å².